The first kappa shape index (κ1) is 16.8. The molecule has 1 unspecified atom stereocenters. The Balaban J connectivity index is 1.49. The molecule has 1 aromatic rings. The number of hydrogen-bond acceptors (Lipinski definition) is 3. The van der Waals surface area contributed by atoms with E-state index in [9.17, 15) is 10.1 Å². The standard InChI is InChI=1S/C18H20Cl2N4O/c19-13-4-1-3-12(17(13)20)15-5-2-8-23(15)18(25)22-14-9-11-6-7-16(14)24(11)10-21/h1,3-4,11,14-16H,2,5-9H2,(H,22,25)/t11-,14+,15?,16+/m0/s1. The Morgan fingerprint density at radius 3 is 2.88 bits per heavy atom. The predicted molar refractivity (Wildman–Crippen MR) is 96.3 cm³/mol. The smallest absolute Gasteiger partial charge is 0.318 e. The molecule has 2 amide bonds. The van der Waals surface area contributed by atoms with E-state index in [-0.39, 0.29) is 30.2 Å². The highest BCUT2D eigenvalue weighted by molar-refractivity contribution is 6.42. The van der Waals surface area contributed by atoms with E-state index in [0.29, 0.717) is 16.6 Å². The monoisotopic (exact) mass is 378 g/mol. The molecule has 7 heteroatoms. The summed E-state index contributed by atoms with van der Waals surface area (Å²) in [6, 6.07) is 5.97. The van der Waals surface area contributed by atoms with Crippen LogP contribution in [0.4, 0.5) is 4.79 Å². The number of carbonyl (C=O) groups excluding carboxylic acids is 1. The van der Waals surface area contributed by atoms with E-state index in [1.54, 1.807) is 6.07 Å². The molecule has 132 valence electrons. The summed E-state index contributed by atoms with van der Waals surface area (Å²) in [5, 5.41) is 13.5. The fourth-order valence-corrected chi connectivity index (χ4v) is 5.09. The van der Waals surface area contributed by atoms with Gasteiger partial charge in [-0.1, -0.05) is 35.3 Å². The second kappa shape index (κ2) is 6.59. The number of carbonyl (C=O) groups is 1. The molecule has 0 spiro atoms. The number of urea groups is 1. The lowest BCUT2D eigenvalue weighted by Gasteiger charge is -2.29. The second-order valence-electron chi connectivity index (χ2n) is 7.09. The van der Waals surface area contributed by atoms with Crippen molar-refractivity contribution in [3.05, 3.63) is 33.8 Å². The molecule has 1 aromatic carbocycles. The molecule has 0 aliphatic carbocycles. The minimum atomic E-state index is -0.0611. The summed E-state index contributed by atoms with van der Waals surface area (Å²) in [5.41, 5.74) is 0.911. The minimum absolute atomic E-state index is 0.0446. The summed E-state index contributed by atoms with van der Waals surface area (Å²) >= 11 is 12.5. The first-order valence-corrected chi connectivity index (χ1v) is 9.55. The first-order chi connectivity index (χ1) is 12.1. The van der Waals surface area contributed by atoms with Gasteiger partial charge in [0.05, 0.1) is 28.2 Å². The lowest BCUT2D eigenvalue weighted by molar-refractivity contribution is 0.185. The third-order valence-electron chi connectivity index (χ3n) is 5.82. The number of nitrogens with zero attached hydrogens (tertiary/aromatic N) is 3. The van der Waals surface area contributed by atoms with Crippen LogP contribution in [0.1, 0.15) is 43.7 Å². The molecular formula is C18H20Cl2N4O. The van der Waals surface area contributed by atoms with Gasteiger partial charge in [0.25, 0.3) is 0 Å². The van der Waals surface area contributed by atoms with Crippen molar-refractivity contribution >= 4 is 29.2 Å². The fourth-order valence-electron chi connectivity index (χ4n) is 4.65. The molecule has 3 aliphatic rings. The molecule has 0 aromatic heterocycles. The lowest BCUT2D eigenvalue weighted by atomic mass is 9.95. The van der Waals surface area contributed by atoms with Crippen LogP contribution in [-0.4, -0.2) is 40.5 Å². The van der Waals surface area contributed by atoms with Crippen LogP contribution < -0.4 is 5.32 Å². The molecular weight excluding hydrogens is 359 g/mol. The summed E-state index contributed by atoms with van der Waals surface area (Å²) in [5.74, 6) is 0. The van der Waals surface area contributed by atoms with Gasteiger partial charge in [-0.25, -0.2) is 4.79 Å². The van der Waals surface area contributed by atoms with E-state index in [4.69, 9.17) is 23.2 Å². The van der Waals surface area contributed by atoms with Gasteiger partial charge in [0.15, 0.2) is 6.19 Å². The van der Waals surface area contributed by atoms with Crippen LogP contribution in [0.3, 0.4) is 0 Å². The number of likely N-dealkylation sites (tertiary alicyclic amines) is 1. The number of halogens is 2. The Kier molecular flexibility index (Phi) is 4.43. The van der Waals surface area contributed by atoms with Crippen LogP contribution in [0.5, 0.6) is 0 Å². The molecule has 25 heavy (non-hydrogen) atoms. The fraction of sp³-hybridized carbons (Fsp3) is 0.556. The van der Waals surface area contributed by atoms with Gasteiger partial charge in [0.2, 0.25) is 0 Å². The summed E-state index contributed by atoms with van der Waals surface area (Å²) in [4.78, 5) is 16.6. The number of fused-ring (bicyclic) bond motifs is 2. The average Bonchev–Trinajstić information content (AvgIpc) is 3.30. The molecule has 4 atom stereocenters. The van der Waals surface area contributed by atoms with Crippen LogP contribution in [0.2, 0.25) is 10.0 Å². The molecule has 2 bridgehead atoms. The highest BCUT2D eigenvalue weighted by atomic mass is 35.5. The molecule has 3 aliphatic heterocycles. The third-order valence-corrected chi connectivity index (χ3v) is 6.65. The van der Waals surface area contributed by atoms with Gasteiger partial charge in [0.1, 0.15) is 0 Å². The second-order valence-corrected chi connectivity index (χ2v) is 7.88. The van der Waals surface area contributed by atoms with Crippen molar-refractivity contribution in [1.29, 1.82) is 5.26 Å². The van der Waals surface area contributed by atoms with Crippen LogP contribution in [-0.2, 0) is 0 Å². The third kappa shape index (κ3) is 2.82. The Labute approximate surface area is 157 Å². The van der Waals surface area contributed by atoms with Crippen molar-refractivity contribution in [3.63, 3.8) is 0 Å². The Hall–Kier alpha value is -1.64. The maximum Gasteiger partial charge on any atom is 0.318 e. The van der Waals surface area contributed by atoms with Crippen molar-refractivity contribution in [2.75, 3.05) is 6.54 Å². The zero-order valence-electron chi connectivity index (χ0n) is 13.8. The summed E-state index contributed by atoms with van der Waals surface area (Å²) < 4.78 is 0. The maximum absolute atomic E-state index is 12.9. The van der Waals surface area contributed by atoms with E-state index in [0.717, 1.165) is 37.7 Å². The zero-order valence-corrected chi connectivity index (χ0v) is 15.3. The molecule has 4 rings (SSSR count). The summed E-state index contributed by atoms with van der Waals surface area (Å²) in [6.45, 7) is 0.710. The van der Waals surface area contributed by atoms with Gasteiger partial charge in [-0.2, -0.15) is 5.26 Å². The van der Waals surface area contributed by atoms with Crippen molar-refractivity contribution in [2.45, 2.75) is 56.3 Å². The molecule has 3 fully saturated rings. The van der Waals surface area contributed by atoms with E-state index in [1.165, 1.54) is 0 Å². The Bertz CT molecular complexity index is 734. The Morgan fingerprint density at radius 1 is 1.28 bits per heavy atom. The predicted octanol–water partition coefficient (Wildman–Crippen LogP) is 3.93. The SMILES string of the molecule is N#CN1[C@H]2CC[C@@H]1[C@H](NC(=O)N1CCCC1c1cccc(Cl)c1Cl)C2. The number of hydrogen-bond donors (Lipinski definition) is 1. The van der Waals surface area contributed by atoms with Crippen LogP contribution >= 0.6 is 23.2 Å². The highest BCUT2D eigenvalue weighted by Crippen LogP contribution is 2.40. The van der Waals surface area contributed by atoms with Gasteiger partial charge in [-0.15, -0.1) is 0 Å². The van der Waals surface area contributed by atoms with Crippen molar-refractivity contribution in [2.24, 2.45) is 0 Å². The molecule has 0 radical (unpaired) electrons. The molecule has 1 N–H and O–H groups in total. The van der Waals surface area contributed by atoms with Gasteiger partial charge in [0, 0.05) is 12.6 Å². The number of rotatable bonds is 2. The van der Waals surface area contributed by atoms with Gasteiger partial charge < -0.3 is 15.1 Å². The minimum Gasteiger partial charge on any atom is -0.333 e. The highest BCUT2D eigenvalue weighted by Gasteiger charge is 2.47. The lowest BCUT2D eigenvalue weighted by Crippen LogP contribution is -2.48. The number of amides is 2. The van der Waals surface area contributed by atoms with Gasteiger partial charge >= 0.3 is 6.03 Å². The normalized spacial score (nSPS) is 30.6. The van der Waals surface area contributed by atoms with Gasteiger partial charge in [-0.3, -0.25) is 0 Å². The van der Waals surface area contributed by atoms with E-state index >= 15 is 0 Å². The van der Waals surface area contributed by atoms with E-state index in [1.807, 2.05) is 21.9 Å². The van der Waals surface area contributed by atoms with Crippen LogP contribution in [0.25, 0.3) is 0 Å². The van der Waals surface area contributed by atoms with E-state index < -0.39 is 0 Å². The van der Waals surface area contributed by atoms with Crippen LogP contribution in [0, 0.1) is 11.5 Å². The van der Waals surface area contributed by atoms with Gasteiger partial charge in [-0.05, 0) is 43.7 Å². The molecule has 5 nitrogen and oxygen atoms in total. The topological polar surface area (TPSA) is 59.4 Å². The Morgan fingerprint density at radius 2 is 2.12 bits per heavy atom. The molecule has 3 saturated heterocycles. The van der Waals surface area contributed by atoms with E-state index in [2.05, 4.69) is 11.5 Å². The number of benzene rings is 1. The molecule has 0 saturated carbocycles. The zero-order chi connectivity index (χ0) is 17.6. The maximum atomic E-state index is 12.9. The van der Waals surface area contributed by atoms with Crippen LogP contribution in [0.15, 0.2) is 18.2 Å². The first-order valence-electron chi connectivity index (χ1n) is 8.79. The van der Waals surface area contributed by atoms with Crippen molar-refractivity contribution in [1.82, 2.24) is 15.1 Å². The van der Waals surface area contributed by atoms with Crippen molar-refractivity contribution in [3.8, 4) is 6.19 Å². The summed E-state index contributed by atoms with van der Waals surface area (Å²) in [7, 11) is 0. The summed E-state index contributed by atoms with van der Waals surface area (Å²) in [6.07, 6.45) is 7.00. The average molecular weight is 379 g/mol. The quantitative estimate of drug-likeness (QED) is 0.793. The van der Waals surface area contributed by atoms with Crippen molar-refractivity contribution < 1.29 is 4.79 Å². The number of nitriles is 1. The molecule has 3 heterocycles. The largest absolute Gasteiger partial charge is 0.333 e. The number of nitrogens with one attached hydrogen (secondary N) is 1.